The summed E-state index contributed by atoms with van der Waals surface area (Å²) in [5, 5.41) is 3.08. The first-order valence-corrected chi connectivity index (χ1v) is 8.17. The number of amides is 2. The van der Waals surface area contributed by atoms with Gasteiger partial charge >= 0.3 is 6.03 Å². The Morgan fingerprint density at radius 3 is 2.78 bits per heavy atom. The lowest BCUT2D eigenvalue weighted by molar-refractivity contribution is 0.0156. The minimum atomic E-state index is -0.284. The third kappa shape index (κ3) is 3.82. The maximum absolute atomic E-state index is 13.2. The molecule has 6 heteroatoms. The van der Waals surface area contributed by atoms with Crippen LogP contribution in [0.4, 0.5) is 9.18 Å². The molecule has 3 atom stereocenters. The van der Waals surface area contributed by atoms with Gasteiger partial charge in [0.15, 0.2) is 0 Å². The summed E-state index contributed by atoms with van der Waals surface area (Å²) in [7, 11) is 0. The highest BCUT2D eigenvalue weighted by Gasteiger charge is 2.32. The van der Waals surface area contributed by atoms with Crippen molar-refractivity contribution >= 4 is 6.03 Å². The average molecular weight is 322 g/mol. The largest absolute Gasteiger partial charge is 0.377 e. The second-order valence-corrected chi connectivity index (χ2v) is 6.15. The van der Waals surface area contributed by atoms with E-state index in [2.05, 4.69) is 5.32 Å². The molecule has 0 bridgehead atoms. The standard InChI is InChI=1S/C17H23FN2O3/c1-12-11-22-10-8-20(12)17(21)19-16(15-3-2-9-23-15)13-4-6-14(18)7-5-13/h4-7,12,15-16H,2-3,8-11H2,1H3,(H,19,21)/t12-,15-,16+/m1/s1. The van der Waals surface area contributed by atoms with Crippen LogP contribution in [0.1, 0.15) is 31.4 Å². The van der Waals surface area contributed by atoms with Crippen molar-refractivity contribution in [2.45, 2.75) is 38.0 Å². The average Bonchev–Trinajstić information content (AvgIpc) is 3.08. The number of halogens is 1. The predicted molar refractivity (Wildman–Crippen MR) is 83.6 cm³/mol. The molecule has 1 aromatic rings. The fourth-order valence-corrected chi connectivity index (χ4v) is 3.17. The molecule has 126 valence electrons. The summed E-state index contributed by atoms with van der Waals surface area (Å²) in [5.41, 5.74) is 0.868. The fraction of sp³-hybridized carbons (Fsp3) is 0.588. The van der Waals surface area contributed by atoms with Crippen LogP contribution in [0.2, 0.25) is 0 Å². The highest BCUT2D eigenvalue weighted by atomic mass is 19.1. The van der Waals surface area contributed by atoms with Gasteiger partial charge in [0, 0.05) is 13.2 Å². The molecule has 2 aliphatic rings. The van der Waals surface area contributed by atoms with E-state index in [9.17, 15) is 9.18 Å². The minimum Gasteiger partial charge on any atom is -0.377 e. The van der Waals surface area contributed by atoms with Crippen molar-refractivity contribution in [1.82, 2.24) is 10.2 Å². The second-order valence-electron chi connectivity index (χ2n) is 6.15. The van der Waals surface area contributed by atoms with Crippen LogP contribution in [-0.2, 0) is 9.47 Å². The lowest BCUT2D eigenvalue weighted by Gasteiger charge is -2.35. The van der Waals surface area contributed by atoms with Crippen molar-refractivity contribution in [1.29, 1.82) is 0 Å². The lowest BCUT2D eigenvalue weighted by Crippen LogP contribution is -2.53. The van der Waals surface area contributed by atoms with E-state index in [-0.39, 0.29) is 30.0 Å². The SMILES string of the molecule is C[C@@H]1COCCN1C(=O)N[C@@H](c1ccc(F)cc1)[C@H]1CCCO1. The van der Waals surface area contributed by atoms with Gasteiger partial charge in [-0.05, 0) is 37.5 Å². The van der Waals surface area contributed by atoms with Crippen molar-refractivity contribution in [2.75, 3.05) is 26.4 Å². The Kier molecular flexibility index (Phi) is 5.13. The number of urea groups is 1. The summed E-state index contributed by atoms with van der Waals surface area (Å²) >= 11 is 0. The van der Waals surface area contributed by atoms with Gasteiger partial charge in [0.2, 0.25) is 0 Å². The number of hydrogen-bond donors (Lipinski definition) is 1. The van der Waals surface area contributed by atoms with Crippen LogP contribution in [0.15, 0.2) is 24.3 Å². The molecule has 3 rings (SSSR count). The molecule has 2 aliphatic heterocycles. The zero-order chi connectivity index (χ0) is 16.2. The first kappa shape index (κ1) is 16.2. The summed E-state index contributed by atoms with van der Waals surface area (Å²) in [6.07, 6.45) is 1.80. The second kappa shape index (κ2) is 7.27. The van der Waals surface area contributed by atoms with Gasteiger partial charge < -0.3 is 19.7 Å². The third-order valence-corrected chi connectivity index (χ3v) is 4.47. The number of carbonyl (C=O) groups excluding carboxylic acids is 1. The Morgan fingerprint density at radius 2 is 2.13 bits per heavy atom. The molecule has 1 N–H and O–H groups in total. The zero-order valence-corrected chi connectivity index (χ0v) is 13.3. The molecule has 5 nitrogen and oxygen atoms in total. The van der Waals surface area contributed by atoms with E-state index in [1.54, 1.807) is 17.0 Å². The molecule has 0 saturated carbocycles. The Morgan fingerprint density at radius 1 is 1.35 bits per heavy atom. The monoisotopic (exact) mass is 322 g/mol. The third-order valence-electron chi connectivity index (χ3n) is 4.47. The Hall–Kier alpha value is -1.66. The first-order chi connectivity index (χ1) is 11.1. The topological polar surface area (TPSA) is 50.8 Å². The minimum absolute atomic E-state index is 0.0436. The molecule has 0 unspecified atom stereocenters. The van der Waals surface area contributed by atoms with Gasteiger partial charge in [0.25, 0.3) is 0 Å². The molecule has 0 radical (unpaired) electrons. The van der Waals surface area contributed by atoms with Crippen molar-refractivity contribution in [3.05, 3.63) is 35.6 Å². The van der Waals surface area contributed by atoms with Crippen LogP contribution in [-0.4, -0.2) is 49.4 Å². The number of hydrogen-bond acceptors (Lipinski definition) is 3. The highest BCUT2D eigenvalue weighted by Crippen LogP contribution is 2.27. The maximum Gasteiger partial charge on any atom is 0.318 e. The van der Waals surface area contributed by atoms with Gasteiger partial charge in [-0.25, -0.2) is 9.18 Å². The summed E-state index contributed by atoms with van der Waals surface area (Å²) < 4.78 is 24.3. The van der Waals surface area contributed by atoms with Crippen LogP contribution in [0, 0.1) is 5.82 Å². The molecule has 0 aromatic heterocycles. The number of carbonyl (C=O) groups is 1. The normalized spacial score (nSPS) is 26.1. The van der Waals surface area contributed by atoms with E-state index in [4.69, 9.17) is 9.47 Å². The molecule has 2 heterocycles. The van der Waals surface area contributed by atoms with E-state index in [0.29, 0.717) is 26.4 Å². The Bertz CT molecular complexity index is 531. The van der Waals surface area contributed by atoms with E-state index in [0.717, 1.165) is 18.4 Å². The first-order valence-electron chi connectivity index (χ1n) is 8.17. The van der Waals surface area contributed by atoms with Crippen molar-refractivity contribution in [2.24, 2.45) is 0 Å². The van der Waals surface area contributed by atoms with Crippen LogP contribution >= 0.6 is 0 Å². The number of nitrogens with one attached hydrogen (secondary N) is 1. The van der Waals surface area contributed by atoms with E-state index in [1.807, 2.05) is 6.92 Å². The molecule has 2 saturated heterocycles. The van der Waals surface area contributed by atoms with Gasteiger partial charge in [0.05, 0.1) is 31.4 Å². The molecule has 0 aliphatic carbocycles. The van der Waals surface area contributed by atoms with Crippen LogP contribution in [0.3, 0.4) is 0 Å². The van der Waals surface area contributed by atoms with Gasteiger partial charge in [-0.1, -0.05) is 12.1 Å². The lowest BCUT2D eigenvalue weighted by atomic mass is 9.99. The van der Waals surface area contributed by atoms with Crippen molar-refractivity contribution in [3.63, 3.8) is 0 Å². The number of ether oxygens (including phenoxy) is 2. The molecule has 1 aromatic carbocycles. The van der Waals surface area contributed by atoms with Crippen LogP contribution in [0.25, 0.3) is 0 Å². The van der Waals surface area contributed by atoms with Gasteiger partial charge in [-0.2, -0.15) is 0 Å². The van der Waals surface area contributed by atoms with E-state index < -0.39 is 0 Å². The molecular weight excluding hydrogens is 299 g/mol. The van der Waals surface area contributed by atoms with E-state index in [1.165, 1.54) is 12.1 Å². The van der Waals surface area contributed by atoms with Crippen LogP contribution in [0.5, 0.6) is 0 Å². The van der Waals surface area contributed by atoms with Gasteiger partial charge in [-0.3, -0.25) is 0 Å². The molecule has 2 fully saturated rings. The van der Waals surface area contributed by atoms with Crippen molar-refractivity contribution in [3.8, 4) is 0 Å². The predicted octanol–water partition coefficient (Wildman–Crippen LogP) is 2.48. The summed E-state index contributed by atoms with van der Waals surface area (Å²) in [4.78, 5) is 14.4. The maximum atomic E-state index is 13.2. The number of benzene rings is 1. The van der Waals surface area contributed by atoms with Gasteiger partial charge in [-0.15, -0.1) is 0 Å². The van der Waals surface area contributed by atoms with E-state index >= 15 is 0 Å². The van der Waals surface area contributed by atoms with Gasteiger partial charge in [0.1, 0.15) is 5.82 Å². The summed E-state index contributed by atoms with van der Waals surface area (Å²) in [5.74, 6) is -0.284. The Balaban J connectivity index is 1.75. The zero-order valence-electron chi connectivity index (χ0n) is 13.3. The summed E-state index contributed by atoms with van der Waals surface area (Å²) in [6.45, 7) is 4.35. The molecule has 0 spiro atoms. The quantitative estimate of drug-likeness (QED) is 0.930. The van der Waals surface area contributed by atoms with Crippen LogP contribution < -0.4 is 5.32 Å². The summed E-state index contributed by atoms with van der Waals surface area (Å²) in [6, 6.07) is 5.92. The van der Waals surface area contributed by atoms with Crippen molar-refractivity contribution < 1.29 is 18.7 Å². The number of nitrogens with zero attached hydrogens (tertiary/aromatic N) is 1. The molecule has 23 heavy (non-hydrogen) atoms. The number of morpholine rings is 1. The highest BCUT2D eigenvalue weighted by molar-refractivity contribution is 5.75. The molecule has 2 amide bonds. The smallest absolute Gasteiger partial charge is 0.318 e. The Labute approximate surface area is 135 Å². The number of rotatable bonds is 3. The molecular formula is C17H23FN2O3. The fourth-order valence-electron chi connectivity index (χ4n) is 3.17.